The van der Waals surface area contributed by atoms with E-state index in [1.807, 2.05) is 26.8 Å². The van der Waals surface area contributed by atoms with Crippen molar-refractivity contribution >= 4 is 11.8 Å². The van der Waals surface area contributed by atoms with Crippen molar-refractivity contribution < 1.29 is 14.3 Å². The van der Waals surface area contributed by atoms with Crippen LogP contribution in [0.3, 0.4) is 0 Å². The minimum Gasteiger partial charge on any atom is -0.462 e. The van der Waals surface area contributed by atoms with Gasteiger partial charge < -0.3 is 4.74 Å². The second kappa shape index (κ2) is 7.41. The van der Waals surface area contributed by atoms with Gasteiger partial charge in [-0.25, -0.2) is 0 Å². The molecule has 0 heterocycles. The first-order valence-corrected chi connectivity index (χ1v) is 7.33. The average Bonchev–Trinajstić information content (AvgIpc) is 2.32. The summed E-state index contributed by atoms with van der Waals surface area (Å²) < 4.78 is 5.42. The van der Waals surface area contributed by atoms with Crippen molar-refractivity contribution in [2.24, 2.45) is 5.92 Å². The molecule has 3 heteroatoms. The predicted octanol–water partition coefficient (Wildman–Crippen LogP) is 3.98. The minimum atomic E-state index is -0.233. The zero-order valence-corrected chi connectivity index (χ0v) is 13.3. The van der Waals surface area contributed by atoms with Crippen molar-refractivity contribution in [2.75, 3.05) is 0 Å². The van der Waals surface area contributed by atoms with Crippen LogP contribution >= 0.6 is 0 Å². The Labute approximate surface area is 122 Å². The van der Waals surface area contributed by atoms with Crippen LogP contribution in [-0.2, 0) is 14.3 Å². The van der Waals surface area contributed by atoms with Crippen molar-refractivity contribution in [3.05, 3.63) is 22.8 Å². The van der Waals surface area contributed by atoms with Crippen LogP contribution in [0.5, 0.6) is 0 Å². The van der Waals surface area contributed by atoms with Gasteiger partial charge in [0.25, 0.3) is 0 Å². The highest BCUT2D eigenvalue weighted by atomic mass is 16.5. The maximum atomic E-state index is 12.3. The number of ketones is 1. The molecule has 0 aromatic carbocycles. The highest BCUT2D eigenvalue weighted by Crippen LogP contribution is 2.26. The van der Waals surface area contributed by atoms with Gasteiger partial charge in [-0.05, 0) is 45.1 Å². The maximum Gasteiger partial charge on any atom is 0.302 e. The fourth-order valence-corrected chi connectivity index (χ4v) is 2.59. The van der Waals surface area contributed by atoms with Crippen LogP contribution in [0.15, 0.2) is 22.8 Å². The second-order valence-corrected chi connectivity index (χ2v) is 6.03. The summed E-state index contributed by atoms with van der Waals surface area (Å²) in [6, 6.07) is 0. The number of ether oxygens (including phenoxy) is 1. The Morgan fingerprint density at radius 1 is 1.30 bits per heavy atom. The van der Waals surface area contributed by atoms with Gasteiger partial charge in [-0.2, -0.15) is 0 Å². The highest BCUT2D eigenvalue weighted by molar-refractivity contribution is 5.97. The normalized spacial score (nSPS) is 27.6. The summed E-state index contributed by atoms with van der Waals surface area (Å²) >= 11 is 0. The lowest BCUT2D eigenvalue weighted by Crippen LogP contribution is -2.25. The molecule has 112 valence electrons. The van der Waals surface area contributed by atoms with Gasteiger partial charge in [0.1, 0.15) is 6.10 Å². The first-order valence-electron chi connectivity index (χ1n) is 7.33. The number of esters is 1. The van der Waals surface area contributed by atoms with Crippen LogP contribution in [0, 0.1) is 5.92 Å². The molecule has 2 atom stereocenters. The number of hydrogen-bond donors (Lipinski definition) is 0. The third-order valence-corrected chi connectivity index (χ3v) is 3.88. The maximum absolute atomic E-state index is 12.3. The summed E-state index contributed by atoms with van der Waals surface area (Å²) in [6.07, 6.45) is 4.76. The van der Waals surface area contributed by atoms with Crippen LogP contribution in [0.4, 0.5) is 0 Å². The summed E-state index contributed by atoms with van der Waals surface area (Å²) in [5.74, 6) is 0.253. The number of rotatable bonds is 1. The summed E-state index contributed by atoms with van der Waals surface area (Å²) in [5, 5.41) is 0. The van der Waals surface area contributed by atoms with Gasteiger partial charge in [-0.3, -0.25) is 9.59 Å². The zero-order chi connectivity index (χ0) is 15.3. The molecule has 1 aliphatic carbocycles. The summed E-state index contributed by atoms with van der Waals surface area (Å²) in [4.78, 5) is 23.5. The van der Waals surface area contributed by atoms with E-state index in [9.17, 15) is 9.59 Å². The molecule has 0 saturated heterocycles. The summed E-state index contributed by atoms with van der Waals surface area (Å²) in [7, 11) is 0. The van der Waals surface area contributed by atoms with Gasteiger partial charge >= 0.3 is 5.97 Å². The number of carbonyl (C=O) groups is 2. The van der Waals surface area contributed by atoms with Crippen molar-refractivity contribution in [2.45, 2.75) is 66.4 Å². The fraction of sp³-hybridized carbons (Fsp3) is 0.647. The van der Waals surface area contributed by atoms with Crippen LogP contribution in [0.25, 0.3) is 0 Å². The molecule has 0 fully saturated rings. The highest BCUT2D eigenvalue weighted by Gasteiger charge is 2.23. The molecule has 0 N–H and O–H groups in total. The van der Waals surface area contributed by atoms with Crippen LogP contribution in [-0.4, -0.2) is 17.9 Å². The molecule has 1 rings (SSSR count). The standard InChI is InChI=1S/C17H26O3/c1-11(2)15-8-7-13(4)17(20-14(5)18)9-6-12(3)10-16(15)19/h6,13,17H,7-10H2,1-5H3/b12-6+. The van der Waals surface area contributed by atoms with E-state index in [1.54, 1.807) is 0 Å². The third-order valence-electron chi connectivity index (χ3n) is 3.88. The lowest BCUT2D eigenvalue weighted by atomic mass is 9.87. The van der Waals surface area contributed by atoms with E-state index in [4.69, 9.17) is 4.74 Å². The van der Waals surface area contributed by atoms with E-state index < -0.39 is 0 Å². The van der Waals surface area contributed by atoms with Crippen molar-refractivity contribution in [3.63, 3.8) is 0 Å². The van der Waals surface area contributed by atoms with E-state index in [0.717, 1.165) is 29.6 Å². The number of hydrogen-bond acceptors (Lipinski definition) is 3. The molecular weight excluding hydrogens is 252 g/mol. The Kier molecular flexibility index (Phi) is 6.18. The Balaban J connectivity index is 2.98. The molecule has 0 spiro atoms. The largest absolute Gasteiger partial charge is 0.462 e. The van der Waals surface area contributed by atoms with Crippen LogP contribution in [0.1, 0.15) is 60.3 Å². The molecule has 0 bridgehead atoms. The molecule has 0 radical (unpaired) electrons. The lowest BCUT2D eigenvalue weighted by Gasteiger charge is -2.24. The van der Waals surface area contributed by atoms with Gasteiger partial charge in [0, 0.05) is 19.8 Å². The number of allylic oxidation sites excluding steroid dienone is 3. The van der Waals surface area contributed by atoms with Gasteiger partial charge in [-0.1, -0.05) is 24.1 Å². The summed E-state index contributed by atoms with van der Waals surface area (Å²) in [6.45, 7) is 9.49. The fourth-order valence-electron chi connectivity index (χ4n) is 2.59. The third kappa shape index (κ3) is 4.95. The molecule has 0 aromatic rings. The number of Topliss-reactive ketones (excluding diaryl/α,β-unsaturated/α-hetero) is 1. The molecule has 3 nitrogen and oxygen atoms in total. The smallest absolute Gasteiger partial charge is 0.302 e. The molecule has 1 aliphatic rings. The predicted molar refractivity (Wildman–Crippen MR) is 80.3 cm³/mol. The topological polar surface area (TPSA) is 43.4 Å². The van der Waals surface area contributed by atoms with Crippen molar-refractivity contribution in [3.8, 4) is 0 Å². The quantitative estimate of drug-likeness (QED) is 0.414. The van der Waals surface area contributed by atoms with Gasteiger partial charge in [0.05, 0.1) is 0 Å². The van der Waals surface area contributed by atoms with E-state index in [1.165, 1.54) is 6.92 Å². The first-order chi connectivity index (χ1) is 9.31. The Bertz CT molecular complexity index is 439. The Morgan fingerprint density at radius 2 is 1.95 bits per heavy atom. The van der Waals surface area contributed by atoms with Crippen LogP contribution < -0.4 is 0 Å². The summed E-state index contributed by atoms with van der Waals surface area (Å²) in [5.41, 5.74) is 3.09. The molecular formula is C17H26O3. The first kappa shape index (κ1) is 16.7. The Morgan fingerprint density at radius 3 is 2.50 bits per heavy atom. The van der Waals surface area contributed by atoms with Crippen LogP contribution in [0.2, 0.25) is 0 Å². The lowest BCUT2D eigenvalue weighted by molar-refractivity contribution is -0.148. The molecule has 0 amide bonds. The van der Waals surface area contributed by atoms with E-state index in [-0.39, 0.29) is 23.8 Å². The zero-order valence-electron chi connectivity index (χ0n) is 13.3. The van der Waals surface area contributed by atoms with E-state index >= 15 is 0 Å². The van der Waals surface area contributed by atoms with Gasteiger partial charge in [0.15, 0.2) is 5.78 Å². The van der Waals surface area contributed by atoms with Gasteiger partial charge in [-0.15, -0.1) is 0 Å². The minimum absolute atomic E-state index is 0.0888. The molecule has 0 aliphatic heterocycles. The van der Waals surface area contributed by atoms with E-state index in [2.05, 4.69) is 6.92 Å². The molecule has 20 heavy (non-hydrogen) atoms. The number of carbonyl (C=O) groups excluding carboxylic acids is 2. The average molecular weight is 278 g/mol. The Hall–Kier alpha value is -1.38. The second-order valence-electron chi connectivity index (χ2n) is 6.03. The van der Waals surface area contributed by atoms with E-state index in [0.29, 0.717) is 12.8 Å². The monoisotopic (exact) mass is 278 g/mol. The molecule has 2 unspecified atom stereocenters. The van der Waals surface area contributed by atoms with Gasteiger partial charge in [0.2, 0.25) is 0 Å². The van der Waals surface area contributed by atoms with Crippen molar-refractivity contribution in [1.29, 1.82) is 0 Å². The molecule has 0 aromatic heterocycles. The molecule has 0 saturated carbocycles. The van der Waals surface area contributed by atoms with Crippen molar-refractivity contribution in [1.82, 2.24) is 0 Å². The SMILES string of the molecule is CC(=O)OC1C/C=C(\C)CC(=O)C(=C(C)C)CCC1C.